The molecule has 0 spiro atoms. The van der Waals surface area contributed by atoms with Gasteiger partial charge in [0.05, 0.1) is 17.9 Å². The van der Waals surface area contributed by atoms with Gasteiger partial charge in [-0.2, -0.15) is 5.10 Å². The molecule has 2 aromatic heterocycles. The predicted octanol–water partition coefficient (Wildman–Crippen LogP) is 7.09. The minimum atomic E-state index is -0.133. The Morgan fingerprint density at radius 1 is 1.06 bits per heavy atom. The molecule has 0 bridgehead atoms. The van der Waals surface area contributed by atoms with Crippen molar-refractivity contribution in [2.24, 2.45) is 5.73 Å². The lowest BCUT2D eigenvalue weighted by atomic mass is 10.0. The number of aromatic amines is 1. The van der Waals surface area contributed by atoms with Crippen LogP contribution in [0.25, 0.3) is 10.4 Å². The summed E-state index contributed by atoms with van der Waals surface area (Å²) in [6.45, 7) is 4.48. The second-order valence-electron chi connectivity index (χ2n) is 9.20. The number of aryl methyl sites for hydroxylation is 1. The lowest BCUT2D eigenvalue weighted by Crippen LogP contribution is -2.27. The molecule has 5 N–H and O–H groups in total. The van der Waals surface area contributed by atoms with Gasteiger partial charge in [0.25, 0.3) is 5.91 Å². The summed E-state index contributed by atoms with van der Waals surface area (Å²) >= 11 is 1.70. The number of carbonyl (C=O) groups excluding carboxylic acids is 1. The fraction of sp³-hybridized carbons (Fsp3) is 0.310. The summed E-state index contributed by atoms with van der Waals surface area (Å²) in [6, 6.07) is 18.0. The molecule has 2 heterocycles. The lowest BCUT2D eigenvalue weighted by Gasteiger charge is -2.17. The monoisotopic (exact) mass is 501 g/mol. The molecular formula is C29H35N5OS. The number of nitrogens with two attached hydrogens (primary N) is 1. The molecule has 1 amide bonds. The van der Waals surface area contributed by atoms with E-state index >= 15 is 0 Å². The van der Waals surface area contributed by atoms with Crippen molar-refractivity contribution in [3.8, 4) is 10.4 Å². The van der Waals surface area contributed by atoms with Crippen LogP contribution in [0.5, 0.6) is 0 Å². The van der Waals surface area contributed by atoms with Gasteiger partial charge in [0.15, 0.2) is 0 Å². The number of thiophene rings is 1. The van der Waals surface area contributed by atoms with Gasteiger partial charge in [-0.05, 0) is 60.9 Å². The largest absolute Gasteiger partial charge is 0.353 e. The van der Waals surface area contributed by atoms with Gasteiger partial charge in [-0.1, -0.05) is 56.4 Å². The summed E-state index contributed by atoms with van der Waals surface area (Å²) in [5.74, 6) is -0.104. The molecule has 1 fully saturated rings. The summed E-state index contributed by atoms with van der Waals surface area (Å²) in [7, 11) is 0. The van der Waals surface area contributed by atoms with Crippen molar-refractivity contribution in [1.29, 1.82) is 0 Å². The number of amides is 1. The molecule has 36 heavy (non-hydrogen) atoms. The number of anilines is 2. The number of hydrogen-bond donors (Lipinski definition) is 4. The maximum absolute atomic E-state index is 13.0. The van der Waals surface area contributed by atoms with Crippen molar-refractivity contribution < 1.29 is 4.79 Å². The zero-order valence-electron chi connectivity index (χ0n) is 21.0. The smallest absolute Gasteiger partial charge is 0.252 e. The molecule has 1 unspecified atom stereocenters. The van der Waals surface area contributed by atoms with E-state index in [0.29, 0.717) is 12.1 Å². The van der Waals surface area contributed by atoms with Crippen molar-refractivity contribution in [3.05, 3.63) is 88.6 Å². The Morgan fingerprint density at radius 3 is 2.50 bits per heavy atom. The lowest BCUT2D eigenvalue weighted by molar-refractivity contribution is 0.0939. The first kappa shape index (κ1) is 25.7. The van der Waals surface area contributed by atoms with Crippen molar-refractivity contribution in [2.45, 2.75) is 58.5 Å². The van der Waals surface area contributed by atoms with E-state index in [4.69, 9.17) is 5.73 Å². The van der Waals surface area contributed by atoms with E-state index in [2.05, 4.69) is 45.1 Å². The third kappa shape index (κ3) is 6.83. The van der Waals surface area contributed by atoms with E-state index in [0.717, 1.165) is 32.9 Å². The summed E-state index contributed by atoms with van der Waals surface area (Å²) in [5, 5.41) is 13.1. The van der Waals surface area contributed by atoms with Gasteiger partial charge < -0.3 is 16.4 Å². The zero-order chi connectivity index (χ0) is 25.3. The number of H-pyrrole nitrogens is 1. The molecule has 6 nitrogen and oxygen atoms in total. The number of carbonyl (C=O) groups is 1. The first-order chi connectivity index (χ1) is 17.5. The van der Waals surface area contributed by atoms with E-state index < -0.39 is 0 Å². The second kappa shape index (κ2) is 12.5. The highest BCUT2D eigenvalue weighted by atomic mass is 32.1. The molecular weight excluding hydrogens is 466 g/mol. The van der Waals surface area contributed by atoms with Crippen LogP contribution in [0.4, 0.5) is 11.4 Å². The minimum absolute atomic E-state index is 0.104. The molecule has 5 rings (SSSR count). The Balaban J connectivity index is 0.000000543. The Bertz CT molecular complexity index is 1250. The van der Waals surface area contributed by atoms with Crippen LogP contribution in [-0.2, 0) is 6.54 Å². The van der Waals surface area contributed by atoms with Crippen molar-refractivity contribution in [3.63, 3.8) is 0 Å². The maximum atomic E-state index is 13.0. The third-order valence-electron chi connectivity index (χ3n) is 6.40. The fourth-order valence-corrected chi connectivity index (χ4v) is 5.16. The molecule has 7 heteroatoms. The number of benzene rings is 2. The standard InChI is InChI=1S/C24H25N5OS.C5H10/c1-15-6-7-19(29-20-13-26-27-14-20)11-22(15)24(30)28-16(2)17-4-3-5-18(10-17)23-9-8-21(12-25)31-23;1-2-4-5-3-1/h3-11,13-14,16,29H,12,25H2,1-2H3,(H,26,27)(H,28,30);1-5H2. The summed E-state index contributed by atoms with van der Waals surface area (Å²) in [5.41, 5.74) is 11.2. The average Bonchev–Trinajstić information content (AvgIpc) is 3.70. The van der Waals surface area contributed by atoms with Crippen LogP contribution in [0.3, 0.4) is 0 Å². The first-order valence-corrected chi connectivity index (χ1v) is 13.4. The van der Waals surface area contributed by atoms with Gasteiger partial charge >= 0.3 is 0 Å². The van der Waals surface area contributed by atoms with Crippen molar-refractivity contribution >= 4 is 28.6 Å². The summed E-state index contributed by atoms with van der Waals surface area (Å²) in [4.78, 5) is 15.4. The molecule has 1 saturated carbocycles. The fourth-order valence-electron chi connectivity index (χ4n) is 4.28. The summed E-state index contributed by atoms with van der Waals surface area (Å²) in [6.07, 6.45) is 11.0. The van der Waals surface area contributed by atoms with Gasteiger partial charge in [-0.25, -0.2) is 0 Å². The molecule has 1 aliphatic carbocycles. The van der Waals surface area contributed by atoms with Gasteiger partial charge in [0, 0.05) is 33.7 Å². The molecule has 0 aliphatic heterocycles. The van der Waals surface area contributed by atoms with Crippen LogP contribution >= 0.6 is 11.3 Å². The van der Waals surface area contributed by atoms with E-state index in [1.807, 2.05) is 44.2 Å². The van der Waals surface area contributed by atoms with Crippen LogP contribution in [-0.4, -0.2) is 16.1 Å². The van der Waals surface area contributed by atoms with Crippen LogP contribution < -0.4 is 16.4 Å². The van der Waals surface area contributed by atoms with E-state index in [9.17, 15) is 4.79 Å². The molecule has 2 aromatic carbocycles. The molecule has 1 atom stereocenters. The molecule has 4 aromatic rings. The van der Waals surface area contributed by atoms with Crippen LogP contribution in [0, 0.1) is 6.92 Å². The first-order valence-electron chi connectivity index (χ1n) is 12.6. The number of hydrogen-bond acceptors (Lipinski definition) is 5. The highest BCUT2D eigenvalue weighted by Crippen LogP contribution is 2.30. The van der Waals surface area contributed by atoms with Crippen LogP contribution in [0.15, 0.2) is 67.0 Å². The Labute approximate surface area is 217 Å². The highest BCUT2D eigenvalue weighted by Gasteiger charge is 2.15. The predicted molar refractivity (Wildman–Crippen MR) is 150 cm³/mol. The Morgan fingerprint density at radius 2 is 1.83 bits per heavy atom. The average molecular weight is 502 g/mol. The van der Waals surface area contributed by atoms with Gasteiger partial charge in [0.2, 0.25) is 0 Å². The van der Waals surface area contributed by atoms with Gasteiger partial charge in [-0.3, -0.25) is 9.89 Å². The molecule has 0 saturated heterocycles. The Hall–Kier alpha value is -3.42. The molecule has 1 aliphatic rings. The van der Waals surface area contributed by atoms with Crippen LogP contribution in [0.1, 0.15) is 71.4 Å². The number of nitrogens with zero attached hydrogens (tertiary/aromatic N) is 1. The van der Waals surface area contributed by atoms with Gasteiger partial charge in [0.1, 0.15) is 0 Å². The molecule has 188 valence electrons. The van der Waals surface area contributed by atoms with Crippen LogP contribution in [0.2, 0.25) is 0 Å². The SMILES string of the molecule is C1CCCC1.Cc1ccc(Nc2cn[nH]c2)cc1C(=O)NC(C)c1cccc(-c2ccc(CN)s2)c1. The van der Waals surface area contributed by atoms with Gasteiger partial charge in [-0.15, -0.1) is 11.3 Å². The maximum Gasteiger partial charge on any atom is 0.252 e. The number of aromatic nitrogens is 2. The number of nitrogens with one attached hydrogen (secondary N) is 3. The van der Waals surface area contributed by atoms with E-state index in [1.54, 1.807) is 23.7 Å². The summed E-state index contributed by atoms with van der Waals surface area (Å²) < 4.78 is 0. The second-order valence-corrected chi connectivity index (χ2v) is 10.4. The topological polar surface area (TPSA) is 95.8 Å². The molecule has 0 radical (unpaired) electrons. The quantitative estimate of drug-likeness (QED) is 0.217. The Kier molecular flexibility index (Phi) is 8.92. The van der Waals surface area contributed by atoms with E-state index in [1.165, 1.54) is 37.0 Å². The number of rotatable bonds is 7. The zero-order valence-corrected chi connectivity index (χ0v) is 21.8. The normalized spacial score (nSPS) is 13.5. The third-order valence-corrected chi connectivity index (χ3v) is 7.56. The highest BCUT2D eigenvalue weighted by molar-refractivity contribution is 7.15. The van der Waals surface area contributed by atoms with Crippen molar-refractivity contribution in [1.82, 2.24) is 15.5 Å². The minimum Gasteiger partial charge on any atom is -0.353 e. The van der Waals surface area contributed by atoms with Crippen molar-refractivity contribution in [2.75, 3.05) is 5.32 Å². The van der Waals surface area contributed by atoms with E-state index in [-0.39, 0.29) is 11.9 Å².